The van der Waals surface area contributed by atoms with E-state index >= 15 is 0 Å². The van der Waals surface area contributed by atoms with E-state index in [1.165, 1.54) is 14.0 Å². The summed E-state index contributed by atoms with van der Waals surface area (Å²) in [5.41, 5.74) is 1.10. The van der Waals surface area contributed by atoms with Crippen molar-refractivity contribution in [1.29, 1.82) is 0 Å². The minimum absolute atomic E-state index is 0.0319. The minimum Gasteiger partial charge on any atom is -0.467 e. The Labute approximate surface area is 118 Å². The molecule has 1 aromatic carbocycles. The number of ether oxygens (including phenoxy) is 1. The SMILES string of the molecule is COC(=O)C(Nc1cc(C(C)=O)ccc1Cl)C(C)C. The summed E-state index contributed by atoms with van der Waals surface area (Å²) in [7, 11) is 1.34. The highest BCUT2D eigenvalue weighted by Gasteiger charge is 2.23. The van der Waals surface area contributed by atoms with Crippen molar-refractivity contribution in [3.63, 3.8) is 0 Å². The molecule has 19 heavy (non-hydrogen) atoms. The van der Waals surface area contributed by atoms with Crippen molar-refractivity contribution >= 4 is 29.0 Å². The lowest BCUT2D eigenvalue weighted by atomic mass is 10.0. The van der Waals surface area contributed by atoms with Crippen LogP contribution in [-0.2, 0) is 9.53 Å². The molecule has 1 aromatic rings. The van der Waals surface area contributed by atoms with Crippen LogP contribution < -0.4 is 5.32 Å². The second-order valence-corrected chi connectivity index (χ2v) is 5.05. The molecule has 0 bridgehead atoms. The Balaban J connectivity index is 3.05. The van der Waals surface area contributed by atoms with E-state index < -0.39 is 6.04 Å². The van der Waals surface area contributed by atoms with Crippen LogP contribution in [0.15, 0.2) is 18.2 Å². The van der Waals surface area contributed by atoms with Gasteiger partial charge in [0.2, 0.25) is 0 Å². The largest absolute Gasteiger partial charge is 0.467 e. The van der Waals surface area contributed by atoms with E-state index in [0.717, 1.165) is 0 Å². The van der Waals surface area contributed by atoms with Crippen LogP contribution in [0.25, 0.3) is 0 Å². The second-order valence-electron chi connectivity index (χ2n) is 4.64. The molecule has 0 amide bonds. The zero-order valence-corrected chi connectivity index (χ0v) is 12.2. The van der Waals surface area contributed by atoms with Crippen molar-refractivity contribution in [2.75, 3.05) is 12.4 Å². The number of nitrogens with one attached hydrogen (secondary N) is 1. The van der Waals surface area contributed by atoms with Gasteiger partial charge in [0.05, 0.1) is 17.8 Å². The van der Waals surface area contributed by atoms with Crippen LogP contribution in [0.5, 0.6) is 0 Å². The number of carbonyl (C=O) groups is 2. The van der Waals surface area contributed by atoms with Crippen LogP contribution in [0.4, 0.5) is 5.69 Å². The molecule has 1 rings (SSSR count). The molecule has 1 atom stereocenters. The summed E-state index contributed by atoms with van der Waals surface area (Å²) in [5, 5.41) is 3.49. The average Bonchev–Trinajstić information content (AvgIpc) is 2.36. The zero-order chi connectivity index (χ0) is 14.6. The standard InChI is InChI=1S/C14H18ClNO3/c1-8(2)13(14(18)19-4)16-12-7-10(9(3)17)5-6-11(12)15/h5-8,13,16H,1-4H3. The molecular weight excluding hydrogens is 266 g/mol. The van der Waals surface area contributed by atoms with Crippen molar-refractivity contribution in [2.45, 2.75) is 26.8 Å². The fourth-order valence-electron chi connectivity index (χ4n) is 1.65. The second kappa shape index (κ2) is 6.57. The highest BCUT2D eigenvalue weighted by Crippen LogP contribution is 2.25. The molecule has 5 heteroatoms. The van der Waals surface area contributed by atoms with Gasteiger partial charge in [-0.25, -0.2) is 4.79 Å². The summed E-state index contributed by atoms with van der Waals surface area (Å²) in [5.74, 6) is -0.386. The molecule has 0 aliphatic carbocycles. The van der Waals surface area contributed by atoms with Crippen molar-refractivity contribution < 1.29 is 14.3 Å². The number of Topliss-reactive ketones (excluding diaryl/α,β-unsaturated/α-hetero) is 1. The van der Waals surface area contributed by atoms with Gasteiger partial charge in [0, 0.05) is 5.56 Å². The van der Waals surface area contributed by atoms with Gasteiger partial charge >= 0.3 is 5.97 Å². The number of methoxy groups -OCH3 is 1. The van der Waals surface area contributed by atoms with Gasteiger partial charge in [0.1, 0.15) is 6.04 Å². The van der Waals surface area contributed by atoms with E-state index in [9.17, 15) is 9.59 Å². The van der Waals surface area contributed by atoms with E-state index in [1.54, 1.807) is 18.2 Å². The Morgan fingerprint density at radius 1 is 1.32 bits per heavy atom. The molecular formula is C14H18ClNO3. The summed E-state index contributed by atoms with van der Waals surface area (Å²) in [6.07, 6.45) is 0. The van der Waals surface area contributed by atoms with Crippen LogP contribution in [-0.4, -0.2) is 24.9 Å². The van der Waals surface area contributed by atoms with Gasteiger partial charge in [-0.05, 0) is 31.0 Å². The first-order valence-corrected chi connectivity index (χ1v) is 6.39. The molecule has 0 aromatic heterocycles. The summed E-state index contributed by atoms with van der Waals surface area (Å²) in [6, 6.07) is 4.42. The number of carbonyl (C=O) groups excluding carboxylic acids is 2. The Bertz CT molecular complexity index is 486. The lowest BCUT2D eigenvalue weighted by Crippen LogP contribution is -2.35. The molecule has 4 nitrogen and oxygen atoms in total. The van der Waals surface area contributed by atoms with Crippen LogP contribution in [0.1, 0.15) is 31.1 Å². The molecule has 0 heterocycles. The lowest BCUT2D eigenvalue weighted by Gasteiger charge is -2.21. The Hall–Kier alpha value is -1.55. The highest BCUT2D eigenvalue weighted by molar-refractivity contribution is 6.33. The number of esters is 1. The lowest BCUT2D eigenvalue weighted by molar-refractivity contribution is -0.142. The zero-order valence-electron chi connectivity index (χ0n) is 11.5. The quantitative estimate of drug-likeness (QED) is 0.666. The monoisotopic (exact) mass is 283 g/mol. The van der Waals surface area contributed by atoms with Crippen LogP contribution >= 0.6 is 11.6 Å². The normalized spacial score (nSPS) is 12.1. The van der Waals surface area contributed by atoms with Crippen LogP contribution in [0.3, 0.4) is 0 Å². The van der Waals surface area contributed by atoms with Gasteiger partial charge in [-0.1, -0.05) is 25.4 Å². The molecule has 0 aliphatic rings. The fraction of sp³-hybridized carbons (Fsp3) is 0.429. The van der Waals surface area contributed by atoms with Crippen molar-refractivity contribution in [3.05, 3.63) is 28.8 Å². The first-order valence-electron chi connectivity index (χ1n) is 6.01. The third-order valence-electron chi connectivity index (χ3n) is 2.81. The van der Waals surface area contributed by atoms with Crippen LogP contribution in [0.2, 0.25) is 5.02 Å². The maximum atomic E-state index is 11.7. The molecule has 0 saturated carbocycles. The molecule has 1 N–H and O–H groups in total. The molecule has 0 spiro atoms. The predicted octanol–water partition coefficient (Wildman–Crippen LogP) is 3.15. The number of hydrogen-bond acceptors (Lipinski definition) is 4. The number of benzene rings is 1. The van der Waals surface area contributed by atoms with Crippen molar-refractivity contribution in [3.8, 4) is 0 Å². The molecule has 0 radical (unpaired) electrons. The third-order valence-corrected chi connectivity index (χ3v) is 3.14. The number of ketones is 1. The van der Waals surface area contributed by atoms with Crippen LogP contribution in [0, 0.1) is 5.92 Å². The first-order chi connectivity index (χ1) is 8.86. The van der Waals surface area contributed by atoms with E-state index in [-0.39, 0.29) is 17.7 Å². The van der Waals surface area contributed by atoms with E-state index in [2.05, 4.69) is 5.32 Å². The summed E-state index contributed by atoms with van der Waals surface area (Å²) >= 11 is 6.07. The van der Waals surface area contributed by atoms with Crippen molar-refractivity contribution in [1.82, 2.24) is 0 Å². The van der Waals surface area contributed by atoms with Gasteiger partial charge in [-0.2, -0.15) is 0 Å². The number of halogens is 1. The number of hydrogen-bond donors (Lipinski definition) is 1. The number of anilines is 1. The minimum atomic E-state index is -0.510. The smallest absolute Gasteiger partial charge is 0.328 e. The van der Waals surface area contributed by atoms with E-state index in [4.69, 9.17) is 16.3 Å². The molecule has 0 saturated heterocycles. The molecule has 1 unspecified atom stereocenters. The Kier molecular flexibility index (Phi) is 5.36. The van der Waals surface area contributed by atoms with Gasteiger partial charge in [0.15, 0.2) is 5.78 Å². The van der Waals surface area contributed by atoms with E-state index in [0.29, 0.717) is 16.3 Å². The summed E-state index contributed by atoms with van der Waals surface area (Å²) in [4.78, 5) is 23.0. The van der Waals surface area contributed by atoms with Gasteiger partial charge < -0.3 is 10.1 Å². The summed E-state index contributed by atoms with van der Waals surface area (Å²) in [6.45, 7) is 5.28. The Morgan fingerprint density at radius 3 is 2.42 bits per heavy atom. The van der Waals surface area contributed by atoms with Gasteiger partial charge in [-0.3, -0.25) is 4.79 Å². The molecule has 0 aliphatic heterocycles. The fourth-order valence-corrected chi connectivity index (χ4v) is 1.82. The highest BCUT2D eigenvalue weighted by atomic mass is 35.5. The Morgan fingerprint density at radius 2 is 1.95 bits per heavy atom. The maximum Gasteiger partial charge on any atom is 0.328 e. The number of rotatable bonds is 5. The summed E-state index contributed by atoms with van der Waals surface area (Å²) < 4.78 is 4.75. The maximum absolute atomic E-state index is 11.7. The van der Waals surface area contributed by atoms with E-state index in [1.807, 2.05) is 13.8 Å². The van der Waals surface area contributed by atoms with Crippen molar-refractivity contribution in [2.24, 2.45) is 5.92 Å². The van der Waals surface area contributed by atoms with Gasteiger partial charge in [-0.15, -0.1) is 0 Å². The molecule has 104 valence electrons. The van der Waals surface area contributed by atoms with Gasteiger partial charge in [0.25, 0.3) is 0 Å². The average molecular weight is 284 g/mol. The predicted molar refractivity (Wildman–Crippen MR) is 75.7 cm³/mol. The topological polar surface area (TPSA) is 55.4 Å². The third kappa shape index (κ3) is 3.96. The first kappa shape index (κ1) is 15.5. The molecule has 0 fully saturated rings.